The van der Waals surface area contributed by atoms with E-state index in [1.807, 2.05) is 45.0 Å². The first kappa shape index (κ1) is 14.9. The second-order valence-electron chi connectivity index (χ2n) is 5.66. The van der Waals surface area contributed by atoms with Gasteiger partial charge in [0.1, 0.15) is 5.75 Å². The van der Waals surface area contributed by atoms with Gasteiger partial charge in [-0.1, -0.05) is 12.1 Å². The van der Waals surface area contributed by atoms with Crippen molar-refractivity contribution in [3.8, 4) is 5.75 Å². The molecule has 2 N–H and O–H groups in total. The van der Waals surface area contributed by atoms with Gasteiger partial charge < -0.3 is 15.4 Å². The van der Waals surface area contributed by atoms with Crippen molar-refractivity contribution >= 4 is 5.91 Å². The van der Waals surface area contributed by atoms with E-state index in [1.54, 1.807) is 0 Å². The molecule has 20 heavy (non-hydrogen) atoms. The maximum absolute atomic E-state index is 12.1. The molecule has 1 fully saturated rings. The summed E-state index contributed by atoms with van der Waals surface area (Å²) in [4.78, 5) is 12.1. The Hall–Kier alpha value is -1.55. The normalized spacial score (nSPS) is 19.9. The number of hydrogen-bond acceptors (Lipinski definition) is 3. The smallest absolute Gasteiger partial charge is 0.224 e. The number of amides is 1. The SMILES string of the molecule is CC(C)Oc1ccc(C(C)NC(=O)C2CCNC2)cc1. The van der Waals surface area contributed by atoms with E-state index in [0.717, 1.165) is 30.8 Å². The Morgan fingerprint density at radius 2 is 2.00 bits per heavy atom. The molecule has 2 rings (SSSR count). The van der Waals surface area contributed by atoms with Gasteiger partial charge in [0.25, 0.3) is 0 Å². The van der Waals surface area contributed by atoms with Crippen LogP contribution in [0, 0.1) is 5.92 Å². The summed E-state index contributed by atoms with van der Waals surface area (Å²) in [6.45, 7) is 7.75. The van der Waals surface area contributed by atoms with E-state index in [2.05, 4.69) is 10.6 Å². The minimum Gasteiger partial charge on any atom is -0.491 e. The summed E-state index contributed by atoms with van der Waals surface area (Å²) in [6, 6.07) is 7.95. The Labute approximate surface area is 120 Å². The van der Waals surface area contributed by atoms with Crippen LogP contribution in [0.1, 0.15) is 38.8 Å². The van der Waals surface area contributed by atoms with E-state index in [0.29, 0.717) is 0 Å². The Balaban J connectivity index is 1.91. The van der Waals surface area contributed by atoms with Gasteiger partial charge in [-0.25, -0.2) is 0 Å². The van der Waals surface area contributed by atoms with Crippen molar-refractivity contribution in [3.05, 3.63) is 29.8 Å². The lowest BCUT2D eigenvalue weighted by Gasteiger charge is -2.18. The first-order chi connectivity index (χ1) is 9.56. The third-order valence-electron chi connectivity index (χ3n) is 3.54. The van der Waals surface area contributed by atoms with Crippen molar-refractivity contribution in [1.82, 2.24) is 10.6 Å². The van der Waals surface area contributed by atoms with Gasteiger partial charge in [0.15, 0.2) is 0 Å². The summed E-state index contributed by atoms with van der Waals surface area (Å²) in [7, 11) is 0. The number of ether oxygens (including phenoxy) is 1. The lowest BCUT2D eigenvalue weighted by molar-refractivity contribution is -0.125. The van der Waals surface area contributed by atoms with Crippen LogP contribution in [0.15, 0.2) is 24.3 Å². The van der Waals surface area contributed by atoms with E-state index < -0.39 is 0 Å². The van der Waals surface area contributed by atoms with Crippen molar-refractivity contribution in [2.45, 2.75) is 39.3 Å². The molecule has 0 radical (unpaired) electrons. The van der Waals surface area contributed by atoms with Gasteiger partial charge in [-0.2, -0.15) is 0 Å². The van der Waals surface area contributed by atoms with Gasteiger partial charge in [-0.05, 0) is 51.4 Å². The van der Waals surface area contributed by atoms with Crippen LogP contribution < -0.4 is 15.4 Å². The third-order valence-corrected chi connectivity index (χ3v) is 3.54. The van der Waals surface area contributed by atoms with Gasteiger partial charge in [0.05, 0.1) is 18.1 Å². The molecule has 0 spiro atoms. The van der Waals surface area contributed by atoms with Crippen LogP contribution in [0.5, 0.6) is 5.75 Å². The number of rotatable bonds is 5. The molecule has 1 aromatic carbocycles. The molecule has 1 saturated heterocycles. The van der Waals surface area contributed by atoms with Crippen molar-refractivity contribution in [3.63, 3.8) is 0 Å². The molecule has 0 aliphatic carbocycles. The van der Waals surface area contributed by atoms with Gasteiger partial charge in [0, 0.05) is 6.54 Å². The predicted molar refractivity (Wildman–Crippen MR) is 79.7 cm³/mol. The standard InChI is InChI=1S/C16H24N2O2/c1-11(2)20-15-6-4-13(5-7-15)12(3)18-16(19)14-8-9-17-10-14/h4-7,11-12,14,17H,8-10H2,1-3H3,(H,18,19). The number of benzene rings is 1. The molecule has 0 aromatic heterocycles. The fraction of sp³-hybridized carbons (Fsp3) is 0.562. The Kier molecular flexibility index (Phi) is 5.01. The van der Waals surface area contributed by atoms with E-state index in [1.165, 1.54) is 0 Å². The summed E-state index contributed by atoms with van der Waals surface area (Å²) < 4.78 is 5.62. The van der Waals surface area contributed by atoms with Crippen molar-refractivity contribution in [1.29, 1.82) is 0 Å². The second-order valence-corrected chi connectivity index (χ2v) is 5.66. The molecule has 1 aromatic rings. The summed E-state index contributed by atoms with van der Waals surface area (Å²) in [5, 5.41) is 6.29. The predicted octanol–water partition coefficient (Wildman–Crippen LogP) is 2.26. The number of nitrogens with one attached hydrogen (secondary N) is 2. The highest BCUT2D eigenvalue weighted by Crippen LogP contribution is 2.19. The van der Waals surface area contributed by atoms with Crippen LogP contribution in [-0.2, 0) is 4.79 Å². The topological polar surface area (TPSA) is 50.4 Å². The molecule has 1 heterocycles. The molecule has 4 nitrogen and oxygen atoms in total. The lowest BCUT2D eigenvalue weighted by Crippen LogP contribution is -2.33. The summed E-state index contributed by atoms with van der Waals surface area (Å²) in [6.07, 6.45) is 1.10. The molecule has 1 aliphatic heterocycles. The quantitative estimate of drug-likeness (QED) is 0.867. The van der Waals surface area contributed by atoms with Crippen molar-refractivity contribution in [2.24, 2.45) is 5.92 Å². The highest BCUT2D eigenvalue weighted by molar-refractivity contribution is 5.79. The van der Waals surface area contributed by atoms with Crippen molar-refractivity contribution < 1.29 is 9.53 Å². The van der Waals surface area contributed by atoms with E-state index in [-0.39, 0.29) is 24.0 Å². The molecule has 0 bridgehead atoms. The highest BCUT2D eigenvalue weighted by Gasteiger charge is 2.23. The molecular weight excluding hydrogens is 252 g/mol. The largest absolute Gasteiger partial charge is 0.491 e. The molecule has 2 atom stereocenters. The van der Waals surface area contributed by atoms with Crippen molar-refractivity contribution in [2.75, 3.05) is 13.1 Å². The fourth-order valence-corrected chi connectivity index (χ4v) is 2.40. The third kappa shape index (κ3) is 3.97. The zero-order valence-corrected chi connectivity index (χ0v) is 12.5. The molecule has 2 unspecified atom stereocenters. The van der Waals surface area contributed by atoms with Gasteiger partial charge in [-0.15, -0.1) is 0 Å². The molecule has 0 saturated carbocycles. The average Bonchev–Trinajstić information content (AvgIpc) is 2.92. The van der Waals surface area contributed by atoms with Crippen LogP contribution in [-0.4, -0.2) is 25.1 Å². The van der Waals surface area contributed by atoms with Crippen LogP contribution in [0.3, 0.4) is 0 Å². The summed E-state index contributed by atoms with van der Waals surface area (Å²) in [5.74, 6) is 1.12. The first-order valence-corrected chi connectivity index (χ1v) is 7.34. The molecule has 110 valence electrons. The molecule has 1 aliphatic rings. The molecular formula is C16H24N2O2. The van der Waals surface area contributed by atoms with Crippen LogP contribution >= 0.6 is 0 Å². The zero-order chi connectivity index (χ0) is 14.5. The average molecular weight is 276 g/mol. The van der Waals surface area contributed by atoms with Gasteiger partial charge in [-0.3, -0.25) is 4.79 Å². The Morgan fingerprint density at radius 1 is 1.30 bits per heavy atom. The minimum atomic E-state index is 0.0243. The van der Waals surface area contributed by atoms with Crippen LogP contribution in [0.4, 0.5) is 0 Å². The number of carbonyl (C=O) groups is 1. The fourth-order valence-electron chi connectivity index (χ4n) is 2.40. The molecule has 1 amide bonds. The summed E-state index contributed by atoms with van der Waals surface area (Å²) >= 11 is 0. The lowest BCUT2D eigenvalue weighted by atomic mass is 10.1. The minimum absolute atomic E-state index is 0.0243. The highest BCUT2D eigenvalue weighted by atomic mass is 16.5. The number of hydrogen-bond donors (Lipinski definition) is 2. The van der Waals surface area contributed by atoms with Crippen LogP contribution in [0.2, 0.25) is 0 Å². The maximum atomic E-state index is 12.1. The molecule has 4 heteroatoms. The summed E-state index contributed by atoms with van der Waals surface area (Å²) in [5.41, 5.74) is 1.10. The Morgan fingerprint density at radius 3 is 2.55 bits per heavy atom. The zero-order valence-electron chi connectivity index (χ0n) is 12.5. The van der Waals surface area contributed by atoms with E-state index >= 15 is 0 Å². The van der Waals surface area contributed by atoms with Crippen LogP contribution in [0.25, 0.3) is 0 Å². The second kappa shape index (κ2) is 6.75. The van der Waals surface area contributed by atoms with Gasteiger partial charge >= 0.3 is 0 Å². The van der Waals surface area contributed by atoms with E-state index in [4.69, 9.17) is 4.74 Å². The number of carbonyl (C=O) groups excluding carboxylic acids is 1. The first-order valence-electron chi connectivity index (χ1n) is 7.34. The van der Waals surface area contributed by atoms with E-state index in [9.17, 15) is 4.79 Å². The maximum Gasteiger partial charge on any atom is 0.224 e. The monoisotopic (exact) mass is 276 g/mol. The van der Waals surface area contributed by atoms with Gasteiger partial charge in [0.2, 0.25) is 5.91 Å². The Bertz CT molecular complexity index is 436.